The maximum Gasteiger partial charge on any atom is 0.255 e. The number of amidine groups is 1. The van der Waals surface area contributed by atoms with Gasteiger partial charge in [0.1, 0.15) is 11.2 Å². The second kappa shape index (κ2) is 6.39. The third kappa shape index (κ3) is 2.81. The molecular weight excluding hydrogens is 354 g/mol. The number of fused-ring (bicyclic) bond motifs is 1. The molecule has 0 bridgehead atoms. The van der Waals surface area contributed by atoms with Crippen molar-refractivity contribution in [2.24, 2.45) is 4.99 Å². The van der Waals surface area contributed by atoms with Gasteiger partial charge >= 0.3 is 0 Å². The summed E-state index contributed by atoms with van der Waals surface area (Å²) in [6, 6.07) is 15.8. The Morgan fingerprint density at radius 1 is 1.16 bits per heavy atom. The maximum absolute atomic E-state index is 12.9. The number of halogens is 1. The number of aliphatic imine (C=N–C) groups is 1. The topological polar surface area (TPSA) is 35.9 Å². The number of thioether (sulfide) groups is 1. The van der Waals surface area contributed by atoms with Crippen LogP contribution >= 0.6 is 23.4 Å². The molecule has 0 saturated carbocycles. The molecular formula is C19H18ClN3OS. The van der Waals surface area contributed by atoms with E-state index in [0.29, 0.717) is 11.6 Å². The summed E-state index contributed by atoms with van der Waals surface area (Å²) in [6.45, 7) is 4.52. The molecule has 128 valence electrons. The molecule has 6 heteroatoms. The van der Waals surface area contributed by atoms with E-state index < -0.39 is 0 Å². The van der Waals surface area contributed by atoms with Gasteiger partial charge < -0.3 is 0 Å². The van der Waals surface area contributed by atoms with Crippen LogP contribution in [0.4, 0.5) is 5.69 Å². The van der Waals surface area contributed by atoms with Gasteiger partial charge in [-0.15, -0.1) is 11.8 Å². The van der Waals surface area contributed by atoms with Crippen molar-refractivity contribution in [1.82, 2.24) is 10.0 Å². The van der Waals surface area contributed by atoms with Crippen molar-refractivity contribution >= 4 is 40.8 Å². The standard InChI is InChI=1S/C19H18ClN3OS/c1-12-18(24)23(19(25-12)15-8-4-5-9-16(15)20)22-11-14-7-3-6-10-17(14)21-13(22)2/h3-10,12,19H,11H2,1-2H3. The Morgan fingerprint density at radius 2 is 1.88 bits per heavy atom. The first kappa shape index (κ1) is 16.5. The van der Waals surface area contributed by atoms with Gasteiger partial charge in [-0.25, -0.2) is 10.0 Å². The number of hydrogen-bond donors (Lipinski definition) is 0. The molecule has 2 aliphatic rings. The van der Waals surface area contributed by atoms with Crippen molar-refractivity contribution in [2.45, 2.75) is 31.0 Å². The van der Waals surface area contributed by atoms with E-state index in [4.69, 9.17) is 11.6 Å². The van der Waals surface area contributed by atoms with Crippen LogP contribution in [0.3, 0.4) is 0 Å². The van der Waals surface area contributed by atoms with E-state index >= 15 is 0 Å². The maximum atomic E-state index is 12.9. The molecule has 1 amide bonds. The Bertz CT molecular complexity index is 869. The first-order valence-corrected chi connectivity index (χ1v) is 9.52. The van der Waals surface area contributed by atoms with Crippen LogP contribution in [0.25, 0.3) is 0 Å². The van der Waals surface area contributed by atoms with Crippen LogP contribution in [0.1, 0.15) is 30.3 Å². The van der Waals surface area contributed by atoms with Crippen LogP contribution in [0.2, 0.25) is 5.02 Å². The monoisotopic (exact) mass is 371 g/mol. The lowest BCUT2D eigenvalue weighted by Gasteiger charge is -2.39. The lowest BCUT2D eigenvalue weighted by Crippen LogP contribution is -2.48. The molecule has 2 aromatic carbocycles. The Labute approximate surface area is 156 Å². The molecule has 2 atom stereocenters. The zero-order valence-electron chi connectivity index (χ0n) is 14.0. The first-order chi connectivity index (χ1) is 12.1. The average Bonchev–Trinajstić information content (AvgIpc) is 2.90. The molecule has 2 aliphatic heterocycles. The predicted octanol–water partition coefficient (Wildman–Crippen LogP) is 4.78. The zero-order chi connectivity index (χ0) is 17.6. The lowest BCUT2D eigenvalue weighted by atomic mass is 10.1. The van der Waals surface area contributed by atoms with Gasteiger partial charge in [-0.1, -0.05) is 48.0 Å². The van der Waals surface area contributed by atoms with Crippen LogP contribution in [0.15, 0.2) is 53.5 Å². The second-order valence-electron chi connectivity index (χ2n) is 6.18. The minimum atomic E-state index is -0.147. The van der Waals surface area contributed by atoms with Gasteiger partial charge in [0.25, 0.3) is 5.91 Å². The predicted molar refractivity (Wildman–Crippen MR) is 103 cm³/mol. The summed E-state index contributed by atoms with van der Waals surface area (Å²) in [5, 5.41) is 4.22. The number of hydrazine groups is 1. The molecule has 2 aromatic rings. The van der Waals surface area contributed by atoms with Crippen LogP contribution in [-0.2, 0) is 11.3 Å². The fourth-order valence-corrected chi connectivity index (χ4v) is 4.83. The summed E-state index contributed by atoms with van der Waals surface area (Å²) in [5.41, 5.74) is 3.04. The van der Waals surface area contributed by atoms with E-state index in [2.05, 4.69) is 11.1 Å². The van der Waals surface area contributed by atoms with Crippen molar-refractivity contribution in [1.29, 1.82) is 0 Å². The summed E-state index contributed by atoms with van der Waals surface area (Å²) in [5.74, 6) is 0.905. The molecule has 0 spiro atoms. The second-order valence-corrected chi connectivity index (χ2v) is 8.01. The van der Waals surface area contributed by atoms with Gasteiger partial charge in [-0.2, -0.15) is 0 Å². The van der Waals surface area contributed by atoms with E-state index in [0.717, 1.165) is 22.6 Å². The van der Waals surface area contributed by atoms with Gasteiger partial charge in [0.2, 0.25) is 0 Å². The summed E-state index contributed by atoms with van der Waals surface area (Å²) in [4.78, 5) is 17.6. The van der Waals surface area contributed by atoms with E-state index in [9.17, 15) is 4.79 Å². The molecule has 0 radical (unpaired) electrons. The number of para-hydroxylation sites is 1. The first-order valence-electron chi connectivity index (χ1n) is 8.20. The van der Waals surface area contributed by atoms with E-state index in [-0.39, 0.29) is 16.5 Å². The van der Waals surface area contributed by atoms with Crippen molar-refractivity contribution in [2.75, 3.05) is 0 Å². The van der Waals surface area contributed by atoms with Gasteiger partial charge in [-0.05, 0) is 31.5 Å². The van der Waals surface area contributed by atoms with Crippen molar-refractivity contribution in [3.05, 3.63) is 64.7 Å². The van der Waals surface area contributed by atoms with Crippen molar-refractivity contribution in [3.63, 3.8) is 0 Å². The Balaban J connectivity index is 1.75. The number of benzene rings is 2. The molecule has 25 heavy (non-hydrogen) atoms. The fraction of sp³-hybridized carbons (Fsp3) is 0.263. The third-order valence-corrected chi connectivity index (χ3v) is 6.19. The Hall–Kier alpha value is -1.98. The van der Waals surface area contributed by atoms with E-state index in [1.54, 1.807) is 11.8 Å². The highest BCUT2D eigenvalue weighted by Gasteiger charge is 2.43. The molecule has 1 saturated heterocycles. The van der Waals surface area contributed by atoms with Crippen LogP contribution in [0.5, 0.6) is 0 Å². The summed E-state index contributed by atoms with van der Waals surface area (Å²) < 4.78 is 0. The van der Waals surface area contributed by atoms with Crippen molar-refractivity contribution in [3.8, 4) is 0 Å². The highest BCUT2D eigenvalue weighted by atomic mass is 35.5. The molecule has 2 heterocycles. The number of nitrogens with zero attached hydrogens (tertiary/aromatic N) is 3. The summed E-state index contributed by atoms with van der Waals surface area (Å²) in [6.07, 6.45) is 0. The Morgan fingerprint density at radius 3 is 2.68 bits per heavy atom. The molecule has 0 N–H and O–H groups in total. The highest BCUT2D eigenvalue weighted by Crippen LogP contribution is 2.46. The number of carbonyl (C=O) groups is 1. The fourth-order valence-electron chi connectivity index (χ4n) is 3.23. The molecule has 2 unspecified atom stereocenters. The minimum absolute atomic E-state index is 0.0869. The van der Waals surface area contributed by atoms with Crippen LogP contribution < -0.4 is 0 Å². The van der Waals surface area contributed by atoms with E-state index in [1.165, 1.54) is 0 Å². The molecule has 0 aromatic heterocycles. The lowest BCUT2D eigenvalue weighted by molar-refractivity contribution is -0.142. The molecule has 4 rings (SSSR count). The normalized spacial score (nSPS) is 22.8. The van der Waals surface area contributed by atoms with Gasteiger partial charge in [0.15, 0.2) is 0 Å². The van der Waals surface area contributed by atoms with Crippen LogP contribution in [0, 0.1) is 0 Å². The highest BCUT2D eigenvalue weighted by molar-refractivity contribution is 8.01. The number of amides is 1. The molecule has 0 aliphatic carbocycles. The quantitative estimate of drug-likeness (QED) is 0.761. The largest absolute Gasteiger partial charge is 0.272 e. The van der Waals surface area contributed by atoms with Gasteiger partial charge in [0, 0.05) is 10.6 Å². The molecule has 1 fully saturated rings. The third-order valence-electron chi connectivity index (χ3n) is 4.53. The van der Waals surface area contributed by atoms with Gasteiger partial charge in [0.05, 0.1) is 17.5 Å². The number of hydrogen-bond acceptors (Lipinski definition) is 4. The number of rotatable bonds is 2. The zero-order valence-corrected chi connectivity index (χ0v) is 15.6. The van der Waals surface area contributed by atoms with Crippen molar-refractivity contribution < 1.29 is 4.79 Å². The van der Waals surface area contributed by atoms with Crippen LogP contribution in [-0.4, -0.2) is 27.0 Å². The smallest absolute Gasteiger partial charge is 0.255 e. The SMILES string of the molecule is CC1=Nc2ccccc2CN1N1C(=O)C(C)SC1c1ccccc1Cl. The summed E-state index contributed by atoms with van der Waals surface area (Å²) >= 11 is 8.04. The number of carbonyl (C=O) groups excluding carboxylic acids is 1. The minimum Gasteiger partial charge on any atom is -0.272 e. The Kier molecular flexibility index (Phi) is 4.21. The van der Waals surface area contributed by atoms with Gasteiger partial charge in [-0.3, -0.25) is 9.80 Å². The molecule has 4 nitrogen and oxygen atoms in total. The average molecular weight is 372 g/mol. The summed E-state index contributed by atoms with van der Waals surface area (Å²) in [7, 11) is 0. The van der Waals surface area contributed by atoms with E-state index in [1.807, 2.05) is 66.3 Å².